The fourth-order valence-corrected chi connectivity index (χ4v) is 3.60. The molecule has 3 aromatic carbocycles. The number of furan rings is 1. The van der Waals surface area contributed by atoms with Crippen LogP contribution >= 0.6 is 0 Å². The van der Waals surface area contributed by atoms with E-state index >= 15 is 0 Å². The summed E-state index contributed by atoms with van der Waals surface area (Å²) in [6.07, 6.45) is 1.80. The molecule has 1 N–H and O–H groups in total. The van der Waals surface area contributed by atoms with Crippen molar-refractivity contribution >= 4 is 33.5 Å². The maximum atomic E-state index is 12.9. The second-order valence-electron chi connectivity index (χ2n) is 7.00. The minimum absolute atomic E-state index is 0.192. The average Bonchev–Trinajstić information content (AvgIpc) is 3.13. The monoisotopic (exact) mass is 378 g/mol. The summed E-state index contributed by atoms with van der Waals surface area (Å²) in [5, 5.41) is 4.92. The zero-order valence-electron chi connectivity index (χ0n) is 15.8. The van der Waals surface area contributed by atoms with Crippen LogP contribution in [-0.4, -0.2) is 10.9 Å². The zero-order valence-corrected chi connectivity index (χ0v) is 15.8. The lowest BCUT2D eigenvalue weighted by Gasteiger charge is -2.08. The van der Waals surface area contributed by atoms with E-state index in [9.17, 15) is 4.79 Å². The van der Waals surface area contributed by atoms with Crippen LogP contribution in [0.3, 0.4) is 0 Å². The number of rotatable bonds is 3. The molecule has 0 saturated heterocycles. The van der Waals surface area contributed by atoms with Crippen LogP contribution < -0.4 is 5.32 Å². The molecule has 4 nitrogen and oxygen atoms in total. The van der Waals surface area contributed by atoms with E-state index in [1.54, 1.807) is 12.3 Å². The number of anilines is 1. The van der Waals surface area contributed by atoms with E-state index in [0.29, 0.717) is 11.1 Å². The molecule has 0 atom stereocenters. The lowest BCUT2D eigenvalue weighted by atomic mass is 10.1. The number of amides is 1. The third-order valence-corrected chi connectivity index (χ3v) is 5.02. The Bertz CT molecular complexity index is 1350. The molecule has 0 fully saturated rings. The molecule has 5 rings (SSSR count). The van der Waals surface area contributed by atoms with Crippen molar-refractivity contribution in [3.8, 4) is 11.1 Å². The molecule has 0 saturated carbocycles. The van der Waals surface area contributed by atoms with Gasteiger partial charge >= 0.3 is 0 Å². The number of carbonyl (C=O) groups excluding carboxylic acids is 1. The van der Waals surface area contributed by atoms with Gasteiger partial charge in [0.25, 0.3) is 5.91 Å². The van der Waals surface area contributed by atoms with Gasteiger partial charge in [0.1, 0.15) is 11.2 Å². The van der Waals surface area contributed by atoms with Crippen molar-refractivity contribution in [3.05, 3.63) is 96.3 Å². The molecule has 2 heterocycles. The summed E-state index contributed by atoms with van der Waals surface area (Å²) < 4.78 is 5.96. The van der Waals surface area contributed by atoms with E-state index in [0.717, 1.165) is 38.9 Å². The normalized spacial score (nSPS) is 11.1. The van der Waals surface area contributed by atoms with Crippen molar-refractivity contribution in [2.24, 2.45) is 0 Å². The molecule has 5 aromatic rings. The minimum atomic E-state index is -0.192. The number of aromatic nitrogens is 1. The van der Waals surface area contributed by atoms with Crippen LogP contribution in [0.2, 0.25) is 0 Å². The first kappa shape index (κ1) is 17.2. The first-order valence-corrected chi connectivity index (χ1v) is 9.44. The number of nitrogens with zero attached hydrogens (tertiary/aromatic N) is 1. The Morgan fingerprint density at radius 1 is 0.862 bits per heavy atom. The first-order chi connectivity index (χ1) is 14.2. The number of nitrogens with one attached hydrogen (secondary N) is 1. The van der Waals surface area contributed by atoms with Crippen LogP contribution in [0.5, 0.6) is 0 Å². The van der Waals surface area contributed by atoms with Gasteiger partial charge in [0.2, 0.25) is 0 Å². The summed E-state index contributed by atoms with van der Waals surface area (Å²) in [5.74, 6) is -0.192. The molecular weight excluding hydrogens is 360 g/mol. The second kappa shape index (κ2) is 6.91. The summed E-state index contributed by atoms with van der Waals surface area (Å²) in [6.45, 7) is 1.97. The Hall–Kier alpha value is -3.92. The van der Waals surface area contributed by atoms with Crippen LogP contribution in [0.1, 0.15) is 16.1 Å². The van der Waals surface area contributed by atoms with E-state index in [-0.39, 0.29) is 5.91 Å². The van der Waals surface area contributed by atoms with E-state index in [1.807, 2.05) is 79.7 Å². The zero-order chi connectivity index (χ0) is 19.8. The number of pyridine rings is 1. The molecule has 0 unspecified atom stereocenters. The van der Waals surface area contributed by atoms with Gasteiger partial charge in [-0.15, -0.1) is 0 Å². The molecule has 0 aliphatic carbocycles. The van der Waals surface area contributed by atoms with Gasteiger partial charge < -0.3 is 9.73 Å². The van der Waals surface area contributed by atoms with Crippen LogP contribution in [0.25, 0.3) is 33.1 Å². The van der Waals surface area contributed by atoms with Gasteiger partial charge in [-0.1, -0.05) is 42.5 Å². The van der Waals surface area contributed by atoms with E-state index in [1.165, 1.54) is 0 Å². The third kappa shape index (κ3) is 3.15. The lowest BCUT2D eigenvalue weighted by molar-refractivity contribution is 0.102. The number of para-hydroxylation sites is 2. The highest BCUT2D eigenvalue weighted by Crippen LogP contribution is 2.31. The minimum Gasteiger partial charge on any atom is -0.455 e. The molecule has 0 aliphatic heterocycles. The fraction of sp³-hybridized carbons (Fsp3) is 0.0400. The Labute approximate surface area is 167 Å². The number of carbonyl (C=O) groups is 1. The summed E-state index contributed by atoms with van der Waals surface area (Å²) in [7, 11) is 0. The predicted molar refractivity (Wildman–Crippen MR) is 116 cm³/mol. The highest BCUT2D eigenvalue weighted by molar-refractivity contribution is 6.16. The lowest BCUT2D eigenvalue weighted by Crippen LogP contribution is -2.11. The van der Waals surface area contributed by atoms with Crippen LogP contribution in [0.4, 0.5) is 5.69 Å². The number of benzene rings is 3. The summed E-state index contributed by atoms with van der Waals surface area (Å²) in [4.78, 5) is 17.2. The predicted octanol–water partition coefficient (Wildman–Crippen LogP) is 6.21. The quantitative estimate of drug-likeness (QED) is 0.406. The largest absolute Gasteiger partial charge is 0.455 e. The third-order valence-electron chi connectivity index (χ3n) is 5.02. The van der Waals surface area contributed by atoms with Crippen molar-refractivity contribution in [1.29, 1.82) is 0 Å². The molecule has 140 valence electrons. The van der Waals surface area contributed by atoms with Crippen molar-refractivity contribution in [2.75, 3.05) is 5.32 Å². The Morgan fingerprint density at radius 2 is 1.66 bits per heavy atom. The van der Waals surface area contributed by atoms with E-state index in [2.05, 4.69) is 10.3 Å². The topological polar surface area (TPSA) is 55.1 Å². The van der Waals surface area contributed by atoms with Crippen molar-refractivity contribution in [2.45, 2.75) is 6.92 Å². The van der Waals surface area contributed by atoms with E-state index in [4.69, 9.17) is 4.42 Å². The molecule has 0 spiro atoms. The smallest absolute Gasteiger partial charge is 0.259 e. The van der Waals surface area contributed by atoms with Gasteiger partial charge in [0.05, 0.1) is 5.56 Å². The molecule has 0 bridgehead atoms. The summed E-state index contributed by atoms with van der Waals surface area (Å²) in [5.41, 5.74) is 5.79. The summed E-state index contributed by atoms with van der Waals surface area (Å²) >= 11 is 0. The highest BCUT2D eigenvalue weighted by atomic mass is 16.3. The van der Waals surface area contributed by atoms with Crippen LogP contribution in [-0.2, 0) is 0 Å². The second-order valence-corrected chi connectivity index (χ2v) is 7.00. The average molecular weight is 378 g/mol. The molecule has 0 radical (unpaired) electrons. The molecule has 1 amide bonds. The maximum Gasteiger partial charge on any atom is 0.259 e. The number of hydrogen-bond acceptors (Lipinski definition) is 3. The highest BCUT2D eigenvalue weighted by Gasteiger charge is 2.15. The standard InChI is InChI=1S/C25H18N2O2/c1-16-15-18(13-14-26-16)17-9-11-19(12-10-17)27-25(28)22-7-4-6-21-20-5-2-3-8-23(20)29-24(21)22/h2-15H,1H3,(H,27,28). The molecule has 29 heavy (non-hydrogen) atoms. The van der Waals surface area contributed by atoms with Gasteiger partial charge in [-0.25, -0.2) is 0 Å². The Morgan fingerprint density at radius 3 is 2.48 bits per heavy atom. The molecule has 2 aromatic heterocycles. The number of hydrogen-bond donors (Lipinski definition) is 1. The van der Waals surface area contributed by atoms with Crippen molar-refractivity contribution in [3.63, 3.8) is 0 Å². The molecular formula is C25H18N2O2. The SMILES string of the molecule is Cc1cc(-c2ccc(NC(=O)c3cccc4c3oc3ccccc34)cc2)ccn1. The van der Waals surface area contributed by atoms with Gasteiger partial charge in [0.15, 0.2) is 0 Å². The number of fused-ring (bicyclic) bond motifs is 3. The van der Waals surface area contributed by atoms with E-state index < -0.39 is 0 Å². The molecule has 0 aliphatic rings. The summed E-state index contributed by atoms with van der Waals surface area (Å²) in [6, 6.07) is 25.3. The van der Waals surface area contributed by atoms with Crippen molar-refractivity contribution < 1.29 is 9.21 Å². The van der Waals surface area contributed by atoms with Crippen LogP contribution in [0, 0.1) is 6.92 Å². The maximum absolute atomic E-state index is 12.9. The van der Waals surface area contributed by atoms with Gasteiger partial charge in [-0.05, 0) is 54.4 Å². The van der Waals surface area contributed by atoms with Crippen LogP contribution in [0.15, 0.2) is 89.5 Å². The van der Waals surface area contributed by atoms with Gasteiger partial charge in [-0.2, -0.15) is 0 Å². The van der Waals surface area contributed by atoms with Crippen molar-refractivity contribution in [1.82, 2.24) is 4.98 Å². The van der Waals surface area contributed by atoms with Gasteiger partial charge in [0, 0.05) is 28.4 Å². The van der Waals surface area contributed by atoms with Gasteiger partial charge in [-0.3, -0.25) is 9.78 Å². The Kier molecular flexibility index (Phi) is 4.10. The number of aryl methyl sites for hydroxylation is 1. The fourth-order valence-electron chi connectivity index (χ4n) is 3.60. The Balaban J connectivity index is 1.45. The molecule has 4 heteroatoms. The first-order valence-electron chi connectivity index (χ1n) is 9.44.